The van der Waals surface area contributed by atoms with Crippen molar-refractivity contribution in [3.63, 3.8) is 0 Å². The van der Waals surface area contributed by atoms with Crippen LogP contribution in [0.15, 0.2) is 102 Å². The second kappa shape index (κ2) is 9.34. The van der Waals surface area contributed by atoms with Crippen LogP contribution in [0.2, 0.25) is 0 Å². The smallest absolute Gasteiger partial charge is 0.350 e. The molecule has 0 unspecified atom stereocenters. The predicted molar refractivity (Wildman–Crippen MR) is 152 cm³/mol. The molecule has 206 valence electrons. The Balaban J connectivity index is 1.67. The van der Waals surface area contributed by atoms with E-state index < -0.39 is 33.2 Å². The zero-order valence-electron chi connectivity index (χ0n) is 21.6. The first-order chi connectivity index (χ1) is 20.4. The topological polar surface area (TPSA) is 166 Å². The Bertz CT molecular complexity index is 1950. The monoisotopic (exact) mass is 560 g/mol. The molecule has 12 heteroatoms. The molecule has 4 aromatic carbocycles. The lowest BCUT2D eigenvalue weighted by molar-refractivity contribution is -0.386. The summed E-state index contributed by atoms with van der Waals surface area (Å²) in [7, 11) is 0. The fourth-order valence-corrected chi connectivity index (χ4v) is 6.38. The van der Waals surface area contributed by atoms with Crippen molar-refractivity contribution in [1.29, 1.82) is 0 Å². The van der Waals surface area contributed by atoms with E-state index in [0.29, 0.717) is 27.7 Å². The molecule has 42 heavy (non-hydrogen) atoms. The van der Waals surface area contributed by atoms with Gasteiger partial charge in [-0.05, 0) is 12.1 Å². The number of nitro benzene ring substituents is 2. The standard InChI is InChI=1S/C30H20N6O6/c37-29-30(27(34-42-29)17-8-2-1-3-9-17)25(19-10-4-6-12-22(19)35(38)39)24-21(15-14-18-16-31-33-26(18)24)32-28(30)20-11-5-7-13-23(20)36(40)41/h1-16,25,28,32H,(H,31,33)/t25-,28-,30+/m0/s1. The van der Waals surface area contributed by atoms with Gasteiger partial charge in [0.15, 0.2) is 5.41 Å². The minimum Gasteiger partial charge on any atom is -0.376 e. The molecule has 3 heterocycles. The van der Waals surface area contributed by atoms with Gasteiger partial charge in [-0.25, -0.2) is 4.79 Å². The van der Waals surface area contributed by atoms with Gasteiger partial charge in [-0.1, -0.05) is 71.9 Å². The van der Waals surface area contributed by atoms with Crippen LogP contribution < -0.4 is 5.32 Å². The van der Waals surface area contributed by atoms with Gasteiger partial charge in [-0.3, -0.25) is 25.3 Å². The summed E-state index contributed by atoms with van der Waals surface area (Å²) in [4.78, 5) is 43.6. The summed E-state index contributed by atoms with van der Waals surface area (Å²) in [6.07, 6.45) is 1.62. The van der Waals surface area contributed by atoms with Crippen molar-refractivity contribution < 1.29 is 19.5 Å². The number of nitro groups is 2. The highest BCUT2D eigenvalue weighted by atomic mass is 16.7. The number of aromatic amines is 1. The number of rotatable bonds is 5. The first kappa shape index (κ1) is 25.1. The number of nitrogens with zero attached hydrogens (tertiary/aromatic N) is 4. The number of hydrogen-bond donors (Lipinski definition) is 2. The molecule has 0 aliphatic carbocycles. The molecule has 2 aliphatic heterocycles. The molecule has 5 aromatic rings. The molecule has 0 saturated carbocycles. The second-order valence-corrected chi connectivity index (χ2v) is 10.1. The highest BCUT2D eigenvalue weighted by molar-refractivity contribution is 6.21. The zero-order valence-corrected chi connectivity index (χ0v) is 21.6. The predicted octanol–water partition coefficient (Wildman–Crippen LogP) is 5.63. The number of carbonyl (C=O) groups is 1. The Hall–Kier alpha value is -5.91. The Kier molecular flexibility index (Phi) is 5.58. The molecule has 2 N–H and O–H groups in total. The molecular weight excluding hydrogens is 540 g/mol. The van der Waals surface area contributed by atoms with E-state index in [1.54, 1.807) is 72.9 Å². The van der Waals surface area contributed by atoms with E-state index in [0.717, 1.165) is 0 Å². The van der Waals surface area contributed by atoms with Gasteiger partial charge >= 0.3 is 5.97 Å². The van der Waals surface area contributed by atoms with Gasteiger partial charge in [0.25, 0.3) is 11.4 Å². The van der Waals surface area contributed by atoms with Gasteiger partial charge in [0, 0.05) is 45.8 Å². The zero-order chi connectivity index (χ0) is 29.0. The van der Waals surface area contributed by atoms with Gasteiger partial charge < -0.3 is 10.2 Å². The van der Waals surface area contributed by atoms with E-state index in [1.807, 2.05) is 6.07 Å². The van der Waals surface area contributed by atoms with Gasteiger partial charge in [0.1, 0.15) is 5.71 Å². The minimum atomic E-state index is -1.83. The van der Waals surface area contributed by atoms with Crippen LogP contribution in [-0.2, 0) is 9.63 Å². The van der Waals surface area contributed by atoms with Gasteiger partial charge in [0.05, 0.1) is 33.2 Å². The van der Waals surface area contributed by atoms with Gasteiger partial charge in [0.2, 0.25) is 0 Å². The third-order valence-corrected chi connectivity index (χ3v) is 8.04. The number of para-hydroxylation sites is 2. The van der Waals surface area contributed by atoms with Gasteiger partial charge in [-0.15, -0.1) is 0 Å². The van der Waals surface area contributed by atoms with E-state index >= 15 is 0 Å². The number of H-pyrrole nitrogens is 1. The maximum atomic E-state index is 14.4. The van der Waals surface area contributed by atoms with Crippen molar-refractivity contribution in [2.75, 3.05) is 5.32 Å². The largest absolute Gasteiger partial charge is 0.376 e. The van der Waals surface area contributed by atoms with E-state index in [-0.39, 0.29) is 28.2 Å². The number of carbonyl (C=O) groups excluding carboxylic acids is 1. The van der Waals surface area contributed by atoms with Crippen LogP contribution in [0.4, 0.5) is 17.1 Å². The first-order valence-electron chi connectivity index (χ1n) is 13.0. The number of benzene rings is 4. The van der Waals surface area contributed by atoms with E-state index in [2.05, 4.69) is 20.7 Å². The third kappa shape index (κ3) is 3.45. The molecule has 0 fully saturated rings. The van der Waals surface area contributed by atoms with Crippen LogP contribution in [-0.4, -0.2) is 31.7 Å². The second-order valence-electron chi connectivity index (χ2n) is 10.1. The summed E-state index contributed by atoms with van der Waals surface area (Å²) in [5.74, 6) is -1.89. The lowest BCUT2D eigenvalue weighted by atomic mass is 9.57. The maximum Gasteiger partial charge on any atom is 0.350 e. The van der Waals surface area contributed by atoms with Crippen molar-refractivity contribution in [2.45, 2.75) is 12.0 Å². The lowest BCUT2D eigenvalue weighted by Gasteiger charge is -2.46. The number of anilines is 1. The SMILES string of the molecule is O=C1ON=C(c2ccccc2)[C@@]12[C@@H](c1ccccc1[N+](=O)[O-])c1c(ccc3cn[nH]c13)N[C@H]2c1ccccc1[N+](=O)[O-]. The van der Waals surface area contributed by atoms with Crippen LogP contribution in [0.1, 0.15) is 34.2 Å². The molecule has 0 amide bonds. The summed E-state index contributed by atoms with van der Waals surface area (Å²) in [5.41, 5.74) is 0.456. The fraction of sp³-hybridized carbons (Fsp3) is 0.100. The highest BCUT2D eigenvalue weighted by Crippen LogP contribution is 2.62. The van der Waals surface area contributed by atoms with Crippen molar-refractivity contribution in [3.8, 4) is 0 Å². The molecule has 1 spiro atoms. The van der Waals surface area contributed by atoms with E-state index in [4.69, 9.17) is 4.84 Å². The van der Waals surface area contributed by atoms with Crippen LogP contribution >= 0.6 is 0 Å². The maximum absolute atomic E-state index is 14.4. The van der Waals surface area contributed by atoms with Crippen LogP contribution in [0.25, 0.3) is 10.9 Å². The van der Waals surface area contributed by atoms with Gasteiger partial charge in [-0.2, -0.15) is 5.10 Å². The number of hydrogen-bond acceptors (Lipinski definition) is 9. The molecule has 12 nitrogen and oxygen atoms in total. The molecule has 0 bridgehead atoms. The Morgan fingerprint density at radius 1 is 0.810 bits per heavy atom. The molecule has 3 atom stereocenters. The average molecular weight is 561 g/mol. The fourth-order valence-electron chi connectivity index (χ4n) is 6.38. The molecule has 0 radical (unpaired) electrons. The molecule has 0 saturated heterocycles. The Labute approximate surface area is 236 Å². The molecular formula is C30H20N6O6. The first-order valence-corrected chi connectivity index (χ1v) is 13.0. The van der Waals surface area contributed by atoms with Crippen LogP contribution in [0.3, 0.4) is 0 Å². The van der Waals surface area contributed by atoms with Crippen molar-refractivity contribution in [2.24, 2.45) is 10.6 Å². The van der Waals surface area contributed by atoms with Crippen molar-refractivity contribution in [3.05, 3.63) is 140 Å². The summed E-state index contributed by atoms with van der Waals surface area (Å²) in [6.45, 7) is 0. The summed E-state index contributed by atoms with van der Waals surface area (Å²) in [6, 6.07) is 23.6. The molecule has 1 aromatic heterocycles. The number of fused-ring (bicyclic) bond motifs is 3. The third-order valence-electron chi connectivity index (χ3n) is 8.04. The highest BCUT2D eigenvalue weighted by Gasteiger charge is 2.66. The Morgan fingerprint density at radius 3 is 2.17 bits per heavy atom. The Morgan fingerprint density at radius 2 is 1.45 bits per heavy atom. The van der Waals surface area contributed by atoms with Crippen molar-refractivity contribution >= 4 is 39.6 Å². The van der Waals surface area contributed by atoms with Crippen LogP contribution in [0.5, 0.6) is 0 Å². The summed E-state index contributed by atoms with van der Waals surface area (Å²) >= 11 is 0. The summed E-state index contributed by atoms with van der Waals surface area (Å²) < 4.78 is 0. The minimum absolute atomic E-state index is 0.189. The van der Waals surface area contributed by atoms with Crippen molar-refractivity contribution in [1.82, 2.24) is 10.2 Å². The average Bonchev–Trinajstić information content (AvgIpc) is 3.62. The van der Waals surface area contributed by atoms with Crippen LogP contribution in [0, 0.1) is 25.6 Å². The van der Waals surface area contributed by atoms with E-state index in [1.165, 1.54) is 18.2 Å². The molecule has 7 rings (SSSR count). The number of aromatic nitrogens is 2. The normalized spacial score (nSPS) is 21.0. The lowest BCUT2D eigenvalue weighted by Crippen LogP contribution is -2.52. The number of nitrogens with one attached hydrogen (secondary N) is 2. The summed E-state index contributed by atoms with van der Waals surface area (Å²) in [5, 5.41) is 40.3. The quantitative estimate of drug-likeness (QED) is 0.159. The number of oxime groups is 1. The van der Waals surface area contributed by atoms with E-state index in [9.17, 15) is 25.0 Å². The molecule has 2 aliphatic rings.